The van der Waals surface area contributed by atoms with E-state index in [1.54, 1.807) is 21.1 Å². The molecular formula is C20H25NO4. The van der Waals surface area contributed by atoms with Gasteiger partial charge in [-0.05, 0) is 50.1 Å². The first-order chi connectivity index (χ1) is 12.0. The number of carbonyl (C=O) groups is 1. The molecule has 0 unspecified atom stereocenters. The molecule has 0 spiro atoms. The van der Waals surface area contributed by atoms with Crippen LogP contribution in [0.4, 0.5) is 0 Å². The predicted octanol–water partition coefficient (Wildman–Crippen LogP) is 3.66. The average molecular weight is 343 g/mol. The number of carbonyl (C=O) groups excluding carboxylic acids is 1. The Morgan fingerprint density at radius 3 is 2.28 bits per heavy atom. The van der Waals surface area contributed by atoms with Crippen LogP contribution in [0.5, 0.6) is 17.2 Å². The Bertz CT molecular complexity index is 729. The van der Waals surface area contributed by atoms with Crippen LogP contribution in [0, 0.1) is 6.92 Å². The fourth-order valence-electron chi connectivity index (χ4n) is 2.47. The average Bonchev–Trinajstić information content (AvgIpc) is 2.62. The normalized spacial score (nSPS) is 12.8. The molecule has 1 N–H and O–H groups in total. The standard InChI is InChI=1S/C20H25NO4/c1-13-8-6-7-9-17(13)25-15(3)20(22)21-14(2)16-10-11-18(23-4)19(12-16)24-5/h6-12,14-15H,1-5H3,(H,21,22)/t14-,15-/m0/s1. The number of aryl methyl sites for hydroxylation is 1. The molecule has 0 aliphatic carbocycles. The molecule has 0 aliphatic rings. The fourth-order valence-corrected chi connectivity index (χ4v) is 2.47. The van der Waals surface area contributed by atoms with Crippen molar-refractivity contribution in [2.75, 3.05) is 14.2 Å². The van der Waals surface area contributed by atoms with Gasteiger partial charge in [0.2, 0.25) is 0 Å². The van der Waals surface area contributed by atoms with Crippen molar-refractivity contribution >= 4 is 5.91 Å². The summed E-state index contributed by atoms with van der Waals surface area (Å²) in [5, 5.41) is 2.96. The van der Waals surface area contributed by atoms with Gasteiger partial charge in [0.05, 0.1) is 20.3 Å². The van der Waals surface area contributed by atoms with Crippen LogP contribution in [-0.2, 0) is 4.79 Å². The van der Waals surface area contributed by atoms with E-state index in [0.29, 0.717) is 17.2 Å². The number of hydrogen-bond acceptors (Lipinski definition) is 4. The molecule has 5 heteroatoms. The first-order valence-corrected chi connectivity index (χ1v) is 8.20. The first-order valence-electron chi connectivity index (χ1n) is 8.20. The van der Waals surface area contributed by atoms with E-state index in [4.69, 9.17) is 14.2 Å². The van der Waals surface area contributed by atoms with Crippen molar-refractivity contribution in [2.24, 2.45) is 0 Å². The third-order valence-electron chi connectivity index (χ3n) is 4.03. The van der Waals surface area contributed by atoms with Gasteiger partial charge in [0.1, 0.15) is 5.75 Å². The van der Waals surface area contributed by atoms with E-state index < -0.39 is 6.10 Å². The van der Waals surface area contributed by atoms with Crippen LogP contribution in [0.2, 0.25) is 0 Å². The molecule has 5 nitrogen and oxygen atoms in total. The molecule has 0 radical (unpaired) electrons. The topological polar surface area (TPSA) is 56.8 Å². The van der Waals surface area contributed by atoms with Crippen molar-refractivity contribution in [2.45, 2.75) is 32.9 Å². The highest BCUT2D eigenvalue weighted by molar-refractivity contribution is 5.81. The maximum absolute atomic E-state index is 12.4. The van der Waals surface area contributed by atoms with Gasteiger partial charge in [-0.1, -0.05) is 24.3 Å². The van der Waals surface area contributed by atoms with Gasteiger partial charge in [-0.3, -0.25) is 4.79 Å². The number of hydrogen-bond donors (Lipinski definition) is 1. The Morgan fingerprint density at radius 2 is 1.64 bits per heavy atom. The summed E-state index contributed by atoms with van der Waals surface area (Å²) in [6, 6.07) is 13.0. The predicted molar refractivity (Wildman–Crippen MR) is 97.4 cm³/mol. The summed E-state index contributed by atoms with van der Waals surface area (Å²) in [6.07, 6.45) is -0.594. The molecule has 0 fully saturated rings. The van der Waals surface area contributed by atoms with Gasteiger partial charge in [0.25, 0.3) is 5.91 Å². The molecule has 134 valence electrons. The Hall–Kier alpha value is -2.69. The lowest BCUT2D eigenvalue weighted by Gasteiger charge is -2.20. The lowest BCUT2D eigenvalue weighted by Crippen LogP contribution is -2.37. The molecule has 2 atom stereocenters. The number of para-hydroxylation sites is 1. The Labute approximate surface area is 148 Å². The van der Waals surface area contributed by atoms with Crippen molar-refractivity contribution < 1.29 is 19.0 Å². The molecule has 0 heterocycles. The third-order valence-corrected chi connectivity index (χ3v) is 4.03. The molecule has 0 saturated heterocycles. The highest BCUT2D eigenvalue weighted by atomic mass is 16.5. The van der Waals surface area contributed by atoms with Gasteiger partial charge in [-0.15, -0.1) is 0 Å². The van der Waals surface area contributed by atoms with Crippen LogP contribution < -0.4 is 19.5 Å². The number of ether oxygens (including phenoxy) is 3. The number of rotatable bonds is 7. The SMILES string of the molecule is COc1ccc([C@H](C)NC(=O)[C@H](C)Oc2ccccc2C)cc1OC. The Balaban J connectivity index is 2.03. The van der Waals surface area contributed by atoms with Crippen molar-refractivity contribution in [1.29, 1.82) is 0 Å². The lowest BCUT2D eigenvalue weighted by atomic mass is 10.1. The number of nitrogens with one attached hydrogen (secondary N) is 1. The fraction of sp³-hybridized carbons (Fsp3) is 0.350. The van der Waals surface area contributed by atoms with E-state index in [2.05, 4.69) is 5.32 Å². The molecule has 25 heavy (non-hydrogen) atoms. The van der Waals surface area contributed by atoms with Gasteiger partial charge < -0.3 is 19.5 Å². The van der Waals surface area contributed by atoms with Gasteiger partial charge in [0, 0.05) is 0 Å². The number of benzene rings is 2. The molecule has 2 aromatic rings. The second kappa shape index (κ2) is 8.42. The second-order valence-corrected chi connectivity index (χ2v) is 5.87. The largest absolute Gasteiger partial charge is 0.493 e. The van der Waals surface area contributed by atoms with Gasteiger partial charge in [-0.2, -0.15) is 0 Å². The van der Waals surface area contributed by atoms with E-state index in [1.807, 2.05) is 56.3 Å². The maximum atomic E-state index is 12.4. The van der Waals surface area contributed by atoms with Crippen LogP contribution in [0.15, 0.2) is 42.5 Å². The van der Waals surface area contributed by atoms with E-state index in [-0.39, 0.29) is 11.9 Å². The molecule has 2 rings (SSSR count). The minimum atomic E-state index is -0.594. The minimum Gasteiger partial charge on any atom is -0.493 e. The van der Waals surface area contributed by atoms with E-state index in [1.165, 1.54) is 0 Å². The maximum Gasteiger partial charge on any atom is 0.261 e. The molecule has 0 aromatic heterocycles. The van der Waals surface area contributed by atoms with Crippen molar-refractivity contribution in [3.63, 3.8) is 0 Å². The summed E-state index contributed by atoms with van der Waals surface area (Å²) in [7, 11) is 3.18. The summed E-state index contributed by atoms with van der Waals surface area (Å²) in [6.45, 7) is 5.61. The monoisotopic (exact) mass is 343 g/mol. The summed E-state index contributed by atoms with van der Waals surface area (Å²) in [5.74, 6) is 1.82. The molecular weight excluding hydrogens is 318 g/mol. The van der Waals surface area contributed by atoms with Crippen LogP contribution in [0.1, 0.15) is 31.0 Å². The second-order valence-electron chi connectivity index (χ2n) is 5.87. The number of amides is 1. The van der Waals surface area contributed by atoms with Gasteiger partial charge in [0.15, 0.2) is 17.6 Å². The Kier molecular flexibility index (Phi) is 6.28. The van der Waals surface area contributed by atoms with Crippen LogP contribution in [0.3, 0.4) is 0 Å². The summed E-state index contributed by atoms with van der Waals surface area (Å²) in [4.78, 5) is 12.4. The van der Waals surface area contributed by atoms with Crippen molar-refractivity contribution in [1.82, 2.24) is 5.32 Å². The smallest absolute Gasteiger partial charge is 0.261 e. The molecule has 0 saturated carbocycles. The van der Waals surface area contributed by atoms with Crippen LogP contribution >= 0.6 is 0 Å². The molecule has 1 amide bonds. The van der Waals surface area contributed by atoms with Crippen LogP contribution in [0.25, 0.3) is 0 Å². The summed E-state index contributed by atoms with van der Waals surface area (Å²) in [5.41, 5.74) is 1.92. The van der Waals surface area contributed by atoms with E-state index in [0.717, 1.165) is 11.1 Å². The van der Waals surface area contributed by atoms with Gasteiger partial charge >= 0.3 is 0 Å². The Morgan fingerprint density at radius 1 is 0.960 bits per heavy atom. The summed E-state index contributed by atoms with van der Waals surface area (Å²) < 4.78 is 16.3. The molecule has 2 aromatic carbocycles. The first kappa shape index (κ1) is 18.6. The summed E-state index contributed by atoms with van der Waals surface area (Å²) >= 11 is 0. The quantitative estimate of drug-likeness (QED) is 0.834. The van der Waals surface area contributed by atoms with E-state index >= 15 is 0 Å². The molecule has 0 bridgehead atoms. The zero-order valence-corrected chi connectivity index (χ0v) is 15.3. The molecule has 0 aliphatic heterocycles. The lowest BCUT2D eigenvalue weighted by molar-refractivity contribution is -0.127. The van der Waals surface area contributed by atoms with Gasteiger partial charge in [-0.25, -0.2) is 0 Å². The zero-order valence-electron chi connectivity index (χ0n) is 15.3. The highest BCUT2D eigenvalue weighted by Crippen LogP contribution is 2.30. The third kappa shape index (κ3) is 4.66. The van der Waals surface area contributed by atoms with Crippen molar-refractivity contribution in [3.05, 3.63) is 53.6 Å². The zero-order chi connectivity index (χ0) is 18.4. The minimum absolute atomic E-state index is 0.175. The van der Waals surface area contributed by atoms with Crippen molar-refractivity contribution in [3.8, 4) is 17.2 Å². The van der Waals surface area contributed by atoms with Crippen LogP contribution in [-0.4, -0.2) is 26.2 Å². The number of methoxy groups -OCH3 is 2. The highest BCUT2D eigenvalue weighted by Gasteiger charge is 2.19. The van der Waals surface area contributed by atoms with E-state index in [9.17, 15) is 4.79 Å².